The van der Waals surface area contributed by atoms with Gasteiger partial charge in [-0.2, -0.15) is 5.10 Å². The molecule has 0 N–H and O–H groups in total. The predicted molar refractivity (Wildman–Crippen MR) is 119 cm³/mol. The van der Waals surface area contributed by atoms with Crippen molar-refractivity contribution in [3.05, 3.63) is 30.6 Å². The van der Waals surface area contributed by atoms with Gasteiger partial charge in [0, 0.05) is 30.8 Å². The molecule has 2 aliphatic carbocycles. The molecule has 164 valence electrons. The Morgan fingerprint density at radius 3 is 2.58 bits per heavy atom. The summed E-state index contributed by atoms with van der Waals surface area (Å²) in [7, 11) is 0. The van der Waals surface area contributed by atoms with Crippen molar-refractivity contribution in [1.82, 2.24) is 9.78 Å². The van der Waals surface area contributed by atoms with E-state index < -0.39 is 0 Å². The SMILES string of the molecule is CC(C)OC(=O)N1C[C@H](C)N(C(=O)C2CC2)c2ccc(-c3cnn(CC4CC4)c3)cc21. The van der Waals surface area contributed by atoms with Crippen molar-refractivity contribution in [3.8, 4) is 11.1 Å². The van der Waals surface area contributed by atoms with E-state index in [1.165, 1.54) is 12.8 Å². The third-order valence-corrected chi connectivity index (χ3v) is 6.24. The largest absolute Gasteiger partial charge is 0.446 e. The van der Waals surface area contributed by atoms with Crippen LogP contribution in [0, 0.1) is 11.8 Å². The molecule has 0 saturated heterocycles. The van der Waals surface area contributed by atoms with Gasteiger partial charge >= 0.3 is 6.09 Å². The number of amides is 2. The minimum atomic E-state index is -0.372. The molecular formula is C24H30N4O3. The number of aromatic nitrogens is 2. The highest BCUT2D eigenvalue weighted by Gasteiger charge is 2.41. The minimum Gasteiger partial charge on any atom is -0.446 e. The molecule has 2 aromatic rings. The van der Waals surface area contributed by atoms with Gasteiger partial charge < -0.3 is 9.64 Å². The van der Waals surface area contributed by atoms with Crippen molar-refractivity contribution in [3.63, 3.8) is 0 Å². The Labute approximate surface area is 183 Å². The summed E-state index contributed by atoms with van der Waals surface area (Å²) < 4.78 is 7.52. The second-order valence-corrected chi connectivity index (χ2v) is 9.47. The van der Waals surface area contributed by atoms with Crippen molar-refractivity contribution in [1.29, 1.82) is 0 Å². The van der Waals surface area contributed by atoms with Crippen LogP contribution in [0.4, 0.5) is 16.2 Å². The summed E-state index contributed by atoms with van der Waals surface area (Å²) in [5.74, 6) is 1.03. The first-order chi connectivity index (χ1) is 14.9. The summed E-state index contributed by atoms with van der Waals surface area (Å²) in [4.78, 5) is 29.5. The van der Waals surface area contributed by atoms with E-state index in [4.69, 9.17) is 4.74 Å². The first-order valence-electron chi connectivity index (χ1n) is 11.4. The first-order valence-corrected chi connectivity index (χ1v) is 11.4. The maximum absolute atomic E-state index is 13.0. The highest BCUT2D eigenvalue weighted by molar-refractivity contribution is 6.05. The first kappa shape index (κ1) is 20.1. The van der Waals surface area contributed by atoms with Crippen molar-refractivity contribution in [2.75, 3.05) is 16.3 Å². The number of anilines is 2. The second-order valence-electron chi connectivity index (χ2n) is 9.47. The van der Waals surface area contributed by atoms with E-state index in [2.05, 4.69) is 11.3 Å². The van der Waals surface area contributed by atoms with Crippen LogP contribution < -0.4 is 9.80 Å². The lowest BCUT2D eigenvalue weighted by atomic mass is 10.0. The van der Waals surface area contributed by atoms with Crippen LogP contribution in [0.3, 0.4) is 0 Å². The maximum Gasteiger partial charge on any atom is 0.414 e. The zero-order valence-electron chi connectivity index (χ0n) is 18.5. The molecule has 2 fully saturated rings. The minimum absolute atomic E-state index is 0.104. The number of carbonyl (C=O) groups excluding carboxylic acids is 2. The summed E-state index contributed by atoms with van der Waals surface area (Å²) in [6.07, 6.45) is 7.83. The highest BCUT2D eigenvalue weighted by Crippen LogP contribution is 2.42. The van der Waals surface area contributed by atoms with Gasteiger partial charge in [-0.05, 0) is 70.1 Å². The number of ether oxygens (including phenoxy) is 1. The molecule has 3 aliphatic rings. The number of hydrogen-bond donors (Lipinski definition) is 0. The van der Waals surface area contributed by atoms with Gasteiger partial charge in [-0.1, -0.05) is 6.07 Å². The molecule has 31 heavy (non-hydrogen) atoms. The van der Waals surface area contributed by atoms with Gasteiger partial charge in [0.25, 0.3) is 0 Å². The van der Waals surface area contributed by atoms with Crippen molar-refractivity contribution >= 4 is 23.4 Å². The summed E-state index contributed by atoms with van der Waals surface area (Å²) in [5.41, 5.74) is 3.51. The van der Waals surface area contributed by atoms with Gasteiger partial charge in [0.05, 0.1) is 29.7 Å². The Hall–Kier alpha value is -2.83. The van der Waals surface area contributed by atoms with Gasteiger partial charge in [0.2, 0.25) is 5.91 Å². The van der Waals surface area contributed by atoms with Crippen LogP contribution >= 0.6 is 0 Å². The molecule has 2 amide bonds. The van der Waals surface area contributed by atoms with Crippen LogP contribution in [-0.4, -0.2) is 40.5 Å². The second kappa shape index (κ2) is 7.70. The average molecular weight is 423 g/mol. The monoisotopic (exact) mass is 422 g/mol. The number of carbonyl (C=O) groups is 2. The van der Waals surface area contributed by atoms with Crippen molar-refractivity contribution in [2.45, 2.75) is 65.1 Å². The number of hydrogen-bond acceptors (Lipinski definition) is 4. The third kappa shape index (κ3) is 4.05. The van der Waals surface area contributed by atoms with Gasteiger partial charge in [-0.3, -0.25) is 14.4 Å². The maximum atomic E-state index is 13.0. The summed E-state index contributed by atoms with van der Waals surface area (Å²) in [5, 5.41) is 4.51. The molecule has 7 nitrogen and oxygen atoms in total. The van der Waals surface area contributed by atoms with E-state index >= 15 is 0 Å². The van der Waals surface area contributed by atoms with Crippen LogP contribution in [0.15, 0.2) is 30.6 Å². The standard InChI is InChI=1S/C24H30N4O3/c1-15(2)31-24(30)27-12-16(3)28(23(29)18-6-7-18)21-9-8-19(10-22(21)27)20-11-25-26(14-20)13-17-4-5-17/h8-11,14-18H,4-7,12-13H2,1-3H3/t16-/m0/s1. The van der Waals surface area contributed by atoms with Gasteiger partial charge in [0.1, 0.15) is 0 Å². The number of nitrogens with zero attached hydrogens (tertiary/aromatic N) is 4. The molecule has 1 atom stereocenters. The normalized spacial score (nSPS) is 20.7. The van der Waals surface area contributed by atoms with E-state index in [-0.39, 0.29) is 30.1 Å². The Balaban J connectivity index is 1.51. The summed E-state index contributed by atoms with van der Waals surface area (Å²) in [6, 6.07) is 5.88. The zero-order chi connectivity index (χ0) is 21.7. The molecule has 1 aromatic heterocycles. The highest BCUT2D eigenvalue weighted by atomic mass is 16.6. The van der Waals surface area contributed by atoms with Gasteiger partial charge in [-0.25, -0.2) is 4.79 Å². The molecule has 2 heterocycles. The topological polar surface area (TPSA) is 67.7 Å². The van der Waals surface area contributed by atoms with Crippen LogP contribution in [0.2, 0.25) is 0 Å². The molecule has 0 unspecified atom stereocenters. The van der Waals surface area contributed by atoms with Gasteiger partial charge in [0.15, 0.2) is 0 Å². The van der Waals surface area contributed by atoms with Crippen molar-refractivity contribution in [2.24, 2.45) is 11.8 Å². The van der Waals surface area contributed by atoms with Crippen LogP contribution in [-0.2, 0) is 16.1 Å². The molecule has 0 spiro atoms. The molecule has 5 rings (SSSR count). The summed E-state index contributed by atoms with van der Waals surface area (Å²) in [6.45, 7) is 7.06. The van der Waals surface area contributed by atoms with Crippen LogP contribution in [0.5, 0.6) is 0 Å². The van der Waals surface area contributed by atoms with Crippen molar-refractivity contribution < 1.29 is 14.3 Å². The number of rotatable bonds is 5. The Morgan fingerprint density at radius 2 is 1.90 bits per heavy atom. The average Bonchev–Trinajstić information content (AvgIpc) is 3.65. The molecular weight excluding hydrogens is 392 g/mol. The zero-order valence-corrected chi connectivity index (χ0v) is 18.5. The molecule has 7 heteroatoms. The Morgan fingerprint density at radius 1 is 1.13 bits per heavy atom. The van der Waals surface area contributed by atoms with Gasteiger partial charge in [-0.15, -0.1) is 0 Å². The lowest BCUT2D eigenvalue weighted by molar-refractivity contribution is -0.120. The molecule has 1 aromatic carbocycles. The van der Waals surface area contributed by atoms with E-state index in [1.54, 1.807) is 4.90 Å². The number of fused-ring (bicyclic) bond motifs is 1. The molecule has 2 saturated carbocycles. The van der Waals surface area contributed by atoms with Crippen LogP contribution in [0.1, 0.15) is 46.5 Å². The Kier molecular flexibility index (Phi) is 4.99. The van der Waals surface area contributed by atoms with E-state index in [1.807, 2.05) is 54.7 Å². The number of benzene rings is 1. The van der Waals surface area contributed by atoms with Crippen LogP contribution in [0.25, 0.3) is 11.1 Å². The quantitative estimate of drug-likeness (QED) is 0.714. The predicted octanol–water partition coefficient (Wildman–Crippen LogP) is 4.46. The molecule has 0 bridgehead atoms. The summed E-state index contributed by atoms with van der Waals surface area (Å²) >= 11 is 0. The van der Waals surface area contributed by atoms with E-state index in [0.29, 0.717) is 6.54 Å². The lowest BCUT2D eigenvalue weighted by Gasteiger charge is -2.41. The Bertz CT molecular complexity index is 1010. The lowest BCUT2D eigenvalue weighted by Crippen LogP contribution is -2.52. The third-order valence-electron chi connectivity index (χ3n) is 6.24. The fourth-order valence-electron chi connectivity index (χ4n) is 4.28. The molecule has 0 radical (unpaired) electrons. The molecule has 1 aliphatic heterocycles. The van der Waals surface area contributed by atoms with E-state index in [0.717, 1.165) is 47.8 Å². The smallest absolute Gasteiger partial charge is 0.414 e. The fraction of sp³-hybridized carbons (Fsp3) is 0.542. The van der Waals surface area contributed by atoms with E-state index in [9.17, 15) is 9.59 Å². The fourth-order valence-corrected chi connectivity index (χ4v) is 4.28.